The molecule has 0 bridgehead atoms. The molecule has 1 aliphatic heterocycles. The van der Waals surface area contributed by atoms with Crippen LogP contribution in [0.1, 0.15) is 19.8 Å². The number of rotatable bonds is 7. The fourth-order valence-electron chi connectivity index (χ4n) is 2.43. The number of aromatic nitrogens is 2. The van der Waals surface area contributed by atoms with Crippen molar-refractivity contribution >= 4 is 10.0 Å². The van der Waals surface area contributed by atoms with E-state index in [9.17, 15) is 8.42 Å². The first-order chi connectivity index (χ1) is 9.51. The number of sulfonamides is 1. The average Bonchev–Trinajstić information content (AvgIpc) is 3.07. The zero-order valence-electron chi connectivity index (χ0n) is 11.9. The number of hydrogen-bond acceptors (Lipinski definition) is 5. The molecule has 1 fully saturated rings. The molecule has 0 amide bonds. The van der Waals surface area contributed by atoms with Gasteiger partial charge in [-0.2, -0.15) is 0 Å². The number of ether oxygens (including phenoxy) is 1. The van der Waals surface area contributed by atoms with Gasteiger partial charge in [0, 0.05) is 26.4 Å². The van der Waals surface area contributed by atoms with Gasteiger partial charge in [-0.1, -0.05) is 0 Å². The zero-order chi connectivity index (χ0) is 14.6. The molecule has 0 radical (unpaired) electrons. The first kappa shape index (κ1) is 15.4. The number of imidazole rings is 1. The lowest BCUT2D eigenvalue weighted by Gasteiger charge is -2.28. The summed E-state index contributed by atoms with van der Waals surface area (Å²) >= 11 is 0. The van der Waals surface area contributed by atoms with Gasteiger partial charge in [-0.25, -0.2) is 18.1 Å². The summed E-state index contributed by atoms with van der Waals surface area (Å²) in [4.78, 5) is 3.93. The molecule has 0 aliphatic carbocycles. The van der Waals surface area contributed by atoms with Crippen LogP contribution in [0.15, 0.2) is 17.6 Å². The Bertz CT molecular complexity index is 535. The predicted octanol–water partition coefficient (Wildman–Crippen LogP) is -0.0501. The van der Waals surface area contributed by atoms with Crippen LogP contribution in [-0.2, 0) is 21.3 Å². The normalized spacial score (nSPS) is 23.3. The van der Waals surface area contributed by atoms with Gasteiger partial charge in [0.25, 0.3) is 10.0 Å². The average molecular weight is 302 g/mol. The van der Waals surface area contributed by atoms with Crippen molar-refractivity contribution in [3.8, 4) is 0 Å². The molecule has 0 saturated carbocycles. The highest BCUT2D eigenvalue weighted by Crippen LogP contribution is 2.19. The lowest BCUT2D eigenvalue weighted by atomic mass is 9.99. The number of hydrogen-bond donors (Lipinski definition) is 2. The van der Waals surface area contributed by atoms with Gasteiger partial charge >= 0.3 is 0 Å². The molecule has 1 aliphatic rings. The van der Waals surface area contributed by atoms with Crippen LogP contribution in [0.4, 0.5) is 0 Å². The minimum atomic E-state index is -3.57. The van der Waals surface area contributed by atoms with E-state index in [0.29, 0.717) is 19.7 Å². The van der Waals surface area contributed by atoms with E-state index in [2.05, 4.69) is 15.0 Å². The van der Waals surface area contributed by atoms with Crippen molar-refractivity contribution in [1.82, 2.24) is 19.6 Å². The highest BCUT2D eigenvalue weighted by atomic mass is 32.2. The van der Waals surface area contributed by atoms with E-state index in [1.54, 1.807) is 11.7 Å². The van der Waals surface area contributed by atoms with Crippen molar-refractivity contribution in [2.45, 2.75) is 36.9 Å². The van der Waals surface area contributed by atoms with Crippen molar-refractivity contribution in [2.24, 2.45) is 0 Å². The van der Waals surface area contributed by atoms with Gasteiger partial charge in [-0.3, -0.25) is 0 Å². The third-order valence-corrected chi connectivity index (χ3v) is 4.89. The fourth-order valence-corrected chi connectivity index (χ4v) is 3.50. The summed E-state index contributed by atoms with van der Waals surface area (Å²) in [5.41, 5.74) is -0.310. The summed E-state index contributed by atoms with van der Waals surface area (Å²) in [6.07, 6.45) is 4.98. The van der Waals surface area contributed by atoms with Crippen LogP contribution in [0, 0.1) is 0 Å². The molecule has 1 atom stereocenters. The molecular weight excluding hydrogens is 280 g/mol. The Balaban J connectivity index is 2.04. The molecule has 2 N–H and O–H groups in total. The first-order valence-electron chi connectivity index (χ1n) is 6.77. The molecular formula is C12H22N4O3S. The summed E-state index contributed by atoms with van der Waals surface area (Å²) in [6.45, 7) is 4.30. The number of aryl methyl sites for hydroxylation is 1. The Morgan fingerprint density at radius 2 is 2.40 bits per heavy atom. The van der Waals surface area contributed by atoms with Crippen LogP contribution in [0.25, 0.3) is 0 Å². The first-order valence-corrected chi connectivity index (χ1v) is 8.25. The van der Waals surface area contributed by atoms with Gasteiger partial charge < -0.3 is 14.6 Å². The second-order valence-electron chi connectivity index (χ2n) is 5.11. The summed E-state index contributed by atoms with van der Waals surface area (Å²) < 4.78 is 34.0. The van der Waals surface area contributed by atoms with Gasteiger partial charge in [0.15, 0.2) is 5.03 Å². The second kappa shape index (κ2) is 6.21. The Morgan fingerprint density at radius 1 is 1.60 bits per heavy atom. The van der Waals surface area contributed by atoms with Crippen LogP contribution < -0.4 is 10.0 Å². The Hall–Kier alpha value is -0.960. The van der Waals surface area contributed by atoms with Crippen molar-refractivity contribution in [2.75, 3.05) is 26.8 Å². The van der Waals surface area contributed by atoms with Crippen LogP contribution in [0.5, 0.6) is 0 Å². The predicted molar refractivity (Wildman–Crippen MR) is 74.9 cm³/mol. The summed E-state index contributed by atoms with van der Waals surface area (Å²) in [6, 6.07) is 0. The summed E-state index contributed by atoms with van der Waals surface area (Å²) in [5.74, 6) is 0. The molecule has 1 unspecified atom stereocenters. The van der Waals surface area contributed by atoms with Crippen molar-refractivity contribution in [3.05, 3.63) is 12.5 Å². The van der Waals surface area contributed by atoms with E-state index in [-0.39, 0.29) is 10.6 Å². The number of methoxy groups -OCH3 is 1. The SMILES string of the molecule is CCn1cnc(S(=O)(=O)NCC2(COC)CCCN2)c1. The van der Waals surface area contributed by atoms with Gasteiger partial charge in [0.1, 0.15) is 0 Å². The fraction of sp³-hybridized carbons (Fsp3) is 0.750. The van der Waals surface area contributed by atoms with E-state index in [1.807, 2.05) is 6.92 Å². The zero-order valence-corrected chi connectivity index (χ0v) is 12.7. The molecule has 1 aromatic rings. The van der Waals surface area contributed by atoms with E-state index < -0.39 is 10.0 Å². The van der Waals surface area contributed by atoms with Gasteiger partial charge in [-0.05, 0) is 26.3 Å². The van der Waals surface area contributed by atoms with E-state index >= 15 is 0 Å². The van der Waals surface area contributed by atoms with Gasteiger partial charge in [0.2, 0.25) is 0 Å². The molecule has 114 valence electrons. The molecule has 8 heteroatoms. The van der Waals surface area contributed by atoms with Crippen LogP contribution in [0.3, 0.4) is 0 Å². The third-order valence-electron chi connectivity index (χ3n) is 3.60. The van der Waals surface area contributed by atoms with Gasteiger partial charge in [-0.15, -0.1) is 0 Å². The summed E-state index contributed by atoms with van der Waals surface area (Å²) in [7, 11) is -1.95. The van der Waals surface area contributed by atoms with Gasteiger partial charge in [0.05, 0.1) is 18.5 Å². The maximum absolute atomic E-state index is 12.2. The monoisotopic (exact) mass is 302 g/mol. The lowest BCUT2D eigenvalue weighted by molar-refractivity contribution is 0.122. The van der Waals surface area contributed by atoms with Crippen LogP contribution >= 0.6 is 0 Å². The van der Waals surface area contributed by atoms with Crippen molar-refractivity contribution in [3.63, 3.8) is 0 Å². The van der Waals surface area contributed by atoms with Crippen LogP contribution in [0.2, 0.25) is 0 Å². The highest BCUT2D eigenvalue weighted by molar-refractivity contribution is 7.89. The Labute approximate surface area is 119 Å². The largest absolute Gasteiger partial charge is 0.383 e. The third kappa shape index (κ3) is 3.38. The smallest absolute Gasteiger partial charge is 0.259 e. The molecule has 0 spiro atoms. The molecule has 2 rings (SSSR count). The number of nitrogens with zero attached hydrogens (tertiary/aromatic N) is 2. The Morgan fingerprint density at radius 3 is 2.95 bits per heavy atom. The van der Waals surface area contributed by atoms with Crippen LogP contribution in [-0.4, -0.2) is 50.3 Å². The minimum Gasteiger partial charge on any atom is -0.383 e. The molecule has 7 nitrogen and oxygen atoms in total. The molecule has 2 heterocycles. The van der Waals surface area contributed by atoms with E-state index in [0.717, 1.165) is 19.4 Å². The molecule has 1 aromatic heterocycles. The van der Waals surface area contributed by atoms with Crippen molar-refractivity contribution < 1.29 is 13.2 Å². The summed E-state index contributed by atoms with van der Waals surface area (Å²) in [5, 5.41) is 3.39. The van der Waals surface area contributed by atoms with E-state index in [4.69, 9.17) is 4.74 Å². The minimum absolute atomic E-state index is 0.0601. The topological polar surface area (TPSA) is 85.2 Å². The highest BCUT2D eigenvalue weighted by Gasteiger charge is 2.35. The maximum Gasteiger partial charge on any atom is 0.259 e. The van der Waals surface area contributed by atoms with E-state index in [1.165, 1.54) is 12.5 Å². The molecule has 0 aromatic carbocycles. The number of nitrogens with one attached hydrogen (secondary N) is 2. The second-order valence-corrected chi connectivity index (χ2v) is 6.82. The standard InChI is InChI=1S/C12H22N4O3S/c1-3-16-7-11(13-10-16)20(17,18)15-8-12(9-19-2)5-4-6-14-12/h7,10,14-15H,3-6,8-9H2,1-2H3. The Kier molecular flexibility index (Phi) is 4.79. The van der Waals surface area contributed by atoms with Crippen molar-refractivity contribution in [1.29, 1.82) is 0 Å². The molecule has 1 saturated heterocycles. The quantitative estimate of drug-likeness (QED) is 0.737. The lowest BCUT2D eigenvalue weighted by Crippen LogP contribution is -2.52. The molecule has 20 heavy (non-hydrogen) atoms. The maximum atomic E-state index is 12.2.